The monoisotopic (exact) mass is 296 g/mol. The summed E-state index contributed by atoms with van der Waals surface area (Å²) in [4.78, 5) is 13.9. The molecule has 0 spiro atoms. The largest absolute Gasteiger partial charge is 0.338 e. The summed E-state index contributed by atoms with van der Waals surface area (Å²) in [5.41, 5.74) is 2.62. The van der Waals surface area contributed by atoms with Gasteiger partial charge in [-0.1, -0.05) is 28.1 Å². The number of fused-ring (bicyclic) bond motifs is 1. The molecule has 2 rings (SSSR count). The molecule has 1 aromatic carbocycles. The molecule has 1 aliphatic rings. The zero-order chi connectivity index (χ0) is 12.3. The highest BCUT2D eigenvalue weighted by Gasteiger charge is 2.21. The fraction of sp³-hybridized carbons (Fsp3) is 0.462. The van der Waals surface area contributed by atoms with E-state index < -0.39 is 0 Å². The average Bonchev–Trinajstić information content (AvgIpc) is 2.36. The summed E-state index contributed by atoms with van der Waals surface area (Å²) in [6.45, 7) is 2.32. The third-order valence-corrected chi connectivity index (χ3v) is 3.90. The molecule has 0 saturated carbocycles. The molecule has 0 saturated heterocycles. The van der Waals surface area contributed by atoms with Crippen LogP contribution in [0.2, 0.25) is 0 Å². The fourth-order valence-electron chi connectivity index (χ4n) is 2.14. The second-order valence-corrected chi connectivity index (χ2v) is 5.15. The molecule has 0 atom stereocenters. The van der Waals surface area contributed by atoms with Gasteiger partial charge in [-0.2, -0.15) is 0 Å². The van der Waals surface area contributed by atoms with Crippen LogP contribution in [0.5, 0.6) is 0 Å². The van der Waals surface area contributed by atoms with E-state index in [-0.39, 0.29) is 5.91 Å². The molecule has 4 heteroatoms. The van der Waals surface area contributed by atoms with E-state index in [1.54, 1.807) is 0 Å². The normalized spacial score (nSPS) is 14.6. The number of rotatable bonds is 3. The van der Waals surface area contributed by atoms with Crippen molar-refractivity contribution in [2.75, 3.05) is 20.1 Å². The van der Waals surface area contributed by atoms with Gasteiger partial charge in [0.1, 0.15) is 0 Å². The Morgan fingerprint density at radius 1 is 1.53 bits per heavy atom. The fourth-order valence-corrected chi connectivity index (χ4v) is 2.68. The van der Waals surface area contributed by atoms with Crippen LogP contribution < -0.4 is 5.32 Å². The summed E-state index contributed by atoms with van der Waals surface area (Å²) in [6, 6.07) is 6.25. The third-order valence-electron chi connectivity index (χ3n) is 3.16. The maximum absolute atomic E-state index is 11.9. The highest BCUT2D eigenvalue weighted by Crippen LogP contribution is 2.26. The Morgan fingerprint density at radius 3 is 3.12 bits per heavy atom. The van der Waals surface area contributed by atoms with Crippen molar-refractivity contribution < 1.29 is 4.79 Å². The summed E-state index contributed by atoms with van der Waals surface area (Å²) in [5, 5.41) is 3.01. The first-order valence-electron chi connectivity index (χ1n) is 5.91. The lowest BCUT2D eigenvalue weighted by molar-refractivity contribution is -0.132. The Hall–Kier alpha value is -0.870. The number of halogens is 1. The van der Waals surface area contributed by atoms with Crippen molar-refractivity contribution in [1.29, 1.82) is 0 Å². The molecule has 1 N–H and O–H groups in total. The molecule has 1 aromatic rings. The number of nitrogens with one attached hydrogen (secondary N) is 1. The molecule has 92 valence electrons. The molecule has 1 heterocycles. The smallest absolute Gasteiger partial charge is 0.224 e. The second kappa shape index (κ2) is 5.65. The van der Waals surface area contributed by atoms with Gasteiger partial charge in [-0.25, -0.2) is 0 Å². The van der Waals surface area contributed by atoms with Crippen LogP contribution in [0.25, 0.3) is 0 Å². The number of hydrogen-bond donors (Lipinski definition) is 1. The predicted molar refractivity (Wildman–Crippen MR) is 71.8 cm³/mol. The van der Waals surface area contributed by atoms with Crippen LogP contribution >= 0.6 is 15.9 Å². The van der Waals surface area contributed by atoms with Crippen molar-refractivity contribution in [1.82, 2.24) is 10.2 Å². The number of amides is 1. The highest BCUT2D eigenvalue weighted by atomic mass is 79.9. The Balaban J connectivity index is 2.07. The lowest BCUT2D eigenvalue weighted by Gasteiger charge is -2.29. The first-order valence-corrected chi connectivity index (χ1v) is 6.70. The van der Waals surface area contributed by atoms with E-state index in [9.17, 15) is 4.79 Å². The van der Waals surface area contributed by atoms with Gasteiger partial charge < -0.3 is 10.2 Å². The molecular formula is C13H17BrN2O. The standard InChI is InChI=1S/C13H17BrN2O/c1-15-7-5-13(17)16-8-6-10-3-2-4-12(14)11(10)9-16/h2-4,15H,5-9H2,1H3. The first-order chi connectivity index (χ1) is 8.22. The van der Waals surface area contributed by atoms with Gasteiger partial charge in [0, 0.05) is 30.5 Å². The van der Waals surface area contributed by atoms with E-state index in [2.05, 4.69) is 33.4 Å². The molecule has 0 unspecified atom stereocenters. The molecule has 0 radical (unpaired) electrons. The number of carbonyl (C=O) groups excluding carboxylic acids is 1. The van der Waals surface area contributed by atoms with E-state index in [1.165, 1.54) is 11.1 Å². The zero-order valence-electron chi connectivity index (χ0n) is 10.0. The van der Waals surface area contributed by atoms with Crippen molar-refractivity contribution in [2.24, 2.45) is 0 Å². The minimum Gasteiger partial charge on any atom is -0.338 e. The Kier molecular flexibility index (Phi) is 4.18. The van der Waals surface area contributed by atoms with Gasteiger partial charge >= 0.3 is 0 Å². The summed E-state index contributed by atoms with van der Waals surface area (Å²) >= 11 is 3.56. The van der Waals surface area contributed by atoms with E-state index in [0.717, 1.165) is 30.5 Å². The average molecular weight is 297 g/mol. The summed E-state index contributed by atoms with van der Waals surface area (Å²) in [7, 11) is 1.87. The van der Waals surface area contributed by atoms with E-state index in [0.29, 0.717) is 6.42 Å². The highest BCUT2D eigenvalue weighted by molar-refractivity contribution is 9.10. The quantitative estimate of drug-likeness (QED) is 0.925. The lowest BCUT2D eigenvalue weighted by Crippen LogP contribution is -2.37. The lowest BCUT2D eigenvalue weighted by atomic mass is 10.00. The number of carbonyl (C=O) groups is 1. The van der Waals surface area contributed by atoms with Crippen LogP contribution in [-0.4, -0.2) is 30.9 Å². The van der Waals surface area contributed by atoms with Crippen molar-refractivity contribution in [3.8, 4) is 0 Å². The Labute approximate surface area is 110 Å². The number of benzene rings is 1. The molecule has 1 amide bonds. The topological polar surface area (TPSA) is 32.3 Å². The van der Waals surface area contributed by atoms with E-state index in [1.807, 2.05) is 18.0 Å². The summed E-state index contributed by atoms with van der Waals surface area (Å²) in [6.07, 6.45) is 1.54. The van der Waals surface area contributed by atoms with Gasteiger partial charge in [-0.15, -0.1) is 0 Å². The predicted octanol–water partition coefficient (Wildman–Crippen LogP) is 1.94. The van der Waals surface area contributed by atoms with Gasteiger partial charge in [0.2, 0.25) is 5.91 Å². The molecule has 0 fully saturated rings. The van der Waals surface area contributed by atoms with E-state index >= 15 is 0 Å². The van der Waals surface area contributed by atoms with Gasteiger partial charge in [0.15, 0.2) is 0 Å². The van der Waals surface area contributed by atoms with Crippen molar-refractivity contribution in [2.45, 2.75) is 19.4 Å². The van der Waals surface area contributed by atoms with Gasteiger partial charge in [-0.05, 0) is 30.7 Å². The molecule has 0 bridgehead atoms. The first kappa shape index (κ1) is 12.6. The SMILES string of the molecule is CNCCC(=O)N1CCc2cccc(Br)c2C1. The van der Waals surface area contributed by atoms with Crippen LogP contribution in [0, 0.1) is 0 Å². The van der Waals surface area contributed by atoms with E-state index in [4.69, 9.17) is 0 Å². The molecule has 3 nitrogen and oxygen atoms in total. The zero-order valence-corrected chi connectivity index (χ0v) is 11.6. The number of nitrogens with zero attached hydrogens (tertiary/aromatic N) is 1. The van der Waals surface area contributed by atoms with Gasteiger partial charge in [-0.3, -0.25) is 4.79 Å². The van der Waals surface area contributed by atoms with Crippen molar-refractivity contribution >= 4 is 21.8 Å². The molecular weight excluding hydrogens is 280 g/mol. The van der Waals surface area contributed by atoms with Crippen molar-refractivity contribution in [3.05, 3.63) is 33.8 Å². The molecule has 17 heavy (non-hydrogen) atoms. The maximum atomic E-state index is 11.9. The van der Waals surface area contributed by atoms with Crippen molar-refractivity contribution in [3.63, 3.8) is 0 Å². The molecule has 0 aromatic heterocycles. The maximum Gasteiger partial charge on any atom is 0.224 e. The molecule has 0 aliphatic carbocycles. The third kappa shape index (κ3) is 2.87. The summed E-state index contributed by atoms with van der Waals surface area (Å²) < 4.78 is 1.11. The number of hydrogen-bond acceptors (Lipinski definition) is 2. The van der Waals surface area contributed by atoms with Crippen LogP contribution in [0.1, 0.15) is 17.5 Å². The van der Waals surface area contributed by atoms with Crippen LogP contribution in [0.3, 0.4) is 0 Å². The van der Waals surface area contributed by atoms with Gasteiger partial charge in [0.05, 0.1) is 0 Å². The minimum absolute atomic E-state index is 0.237. The van der Waals surface area contributed by atoms with Crippen LogP contribution in [-0.2, 0) is 17.8 Å². The molecule has 1 aliphatic heterocycles. The van der Waals surface area contributed by atoms with Gasteiger partial charge in [0.25, 0.3) is 0 Å². The summed E-state index contributed by atoms with van der Waals surface area (Å²) in [5.74, 6) is 0.237. The Morgan fingerprint density at radius 2 is 2.35 bits per heavy atom. The van der Waals surface area contributed by atoms with Crippen LogP contribution in [0.15, 0.2) is 22.7 Å². The Bertz CT molecular complexity index is 420. The van der Waals surface area contributed by atoms with Crippen LogP contribution in [0.4, 0.5) is 0 Å². The minimum atomic E-state index is 0.237. The second-order valence-electron chi connectivity index (χ2n) is 4.30.